The molecule has 0 aromatic carbocycles. The molecule has 3 nitrogen and oxygen atoms in total. The summed E-state index contributed by atoms with van der Waals surface area (Å²) in [4.78, 5) is 0. The molecule has 0 atom stereocenters. The second-order valence-corrected chi connectivity index (χ2v) is 1.58. The van der Waals surface area contributed by atoms with E-state index in [2.05, 4.69) is 13.8 Å². The van der Waals surface area contributed by atoms with Crippen LogP contribution in [0.4, 0.5) is 0 Å². The van der Waals surface area contributed by atoms with Gasteiger partial charge in [0.15, 0.2) is 0 Å². The summed E-state index contributed by atoms with van der Waals surface area (Å²) in [6, 6.07) is 0.435. The summed E-state index contributed by atoms with van der Waals surface area (Å²) < 4.78 is 0. The van der Waals surface area contributed by atoms with Crippen LogP contribution < -0.4 is 18.0 Å². The molecule has 0 amide bonds. The predicted molar refractivity (Wildman–Crippen MR) is 38.6 cm³/mol. The van der Waals surface area contributed by atoms with Gasteiger partial charge in [-0.25, -0.2) is 0 Å². The van der Waals surface area contributed by atoms with Crippen LogP contribution in [-0.2, 0) is 0 Å². The van der Waals surface area contributed by atoms with Crippen molar-refractivity contribution in [3.8, 4) is 0 Å². The van der Waals surface area contributed by atoms with E-state index in [1.165, 1.54) is 0 Å². The minimum absolute atomic E-state index is 0. The molecular weight excluding hydrogens is 102 g/mol. The van der Waals surface area contributed by atoms with Crippen molar-refractivity contribution < 1.29 is 0 Å². The van der Waals surface area contributed by atoms with Crippen LogP contribution in [0.2, 0.25) is 0 Å². The molecule has 8 heavy (non-hydrogen) atoms. The summed E-state index contributed by atoms with van der Waals surface area (Å²) in [6.45, 7) is 4.21. The van der Waals surface area contributed by atoms with E-state index in [1.54, 1.807) is 0 Å². The summed E-state index contributed by atoms with van der Waals surface area (Å²) >= 11 is 0. The van der Waals surface area contributed by atoms with Crippen molar-refractivity contribution >= 4 is 0 Å². The normalized spacial score (nSPS) is 7.50. The molecule has 0 saturated heterocycles. The molecule has 0 unspecified atom stereocenters. The highest BCUT2D eigenvalue weighted by Gasteiger charge is 1.88. The van der Waals surface area contributed by atoms with Gasteiger partial charge in [0.2, 0.25) is 0 Å². The molecule has 0 spiro atoms. The Hall–Kier alpha value is -0.120. The van der Waals surface area contributed by atoms with Gasteiger partial charge in [-0.1, -0.05) is 13.8 Å². The summed E-state index contributed by atoms with van der Waals surface area (Å²) in [7, 11) is 0. The monoisotopic (exact) mass is 121 g/mol. The molecule has 54 valence electrons. The van der Waals surface area contributed by atoms with Crippen LogP contribution in [0.15, 0.2) is 0 Å². The summed E-state index contributed by atoms with van der Waals surface area (Å²) in [5, 5.41) is 0. The van der Waals surface area contributed by atoms with E-state index >= 15 is 0 Å². The summed E-state index contributed by atoms with van der Waals surface area (Å²) in [5.41, 5.74) is 5.47. The molecule has 8 N–H and O–H groups in total. The summed E-state index contributed by atoms with van der Waals surface area (Å²) in [6.07, 6.45) is 2.22. The average molecular weight is 121 g/mol. The minimum atomic E-state index is 0. The van der Waals surface area contributed by atoms with Crippen LogP contribution in [0.25, 0.3) is 0 Å². The second kappa shape index (κ2) is 9.99. The molecule has 0 fully saturated rings. The maximum atomic E-state index is 5.47. The van der Waals surface area contributed by atoms with E-state index in [-0.39, 0.29) is 12.3 Å². The Labute approximate surface area is 51.8 Å². The largest absolute Gasteiger partial charge is 0.344 e. The van der Waals surface area contributed by atoms with Gasteiger partial charge in [-0.05, 0) is 12.8 Å². The summed E-state index contributed by atoms with van der Waals surface area (Å²) in [5.74, 6) is 0. The van der Waals surface area contributed by atoms with Crippen LogP contribution in [0.1, 0.15) is 26.7 Å². The van der Waals surface area contributed by atoms with Gasteiger partial charge in [-0.15, -0.1) is 0 Å². The Bertz CT molecular complexity index is 26.9. The van der Waals surface area contributed by atoms with Gasteiger partial charge >= 0.3 is 0 Å². The van der Waals surface area contributed by atoms with Crippen molar-refractivity contribution in [2.24, 2.45) is 5.73 Å². The first-order valence-corrected chi connectivity index (χ1v) is 2.56. The van der Waals surface area contributed by atoms with Gasteiger partial charge < -0.3 is 18.0 Å². The van der Waals surface area contributed by atoms with Crippen LogP contribution in [0.5, 0.6) is 0 Å². The second-order valence-electron chi connectivity index (χ2n) is 1.58. The molecule has 0 heterocycles. The number of rotatable bonds is 2. The van der Waals surface area contributed by atoms with E-state index in [0.29, 0.717) is 6.04 Å². The van der Waals surface area contributed by atoms with E-state index < -0.39 is 0 Å². The quantitative estimate of drug-likeness (QED) is 0.516. The molecule has 0 aliphatic heterocycles. The fourth-order valence-electron chi connectivity index (χ4n) is 0.289. The molecule has 3 heteroatoms. The SMILES string of the molecule is CCC(N)CC.N.N. The molecule has 0 aliphatic carbocycles. The zero-order valence-electron chi connectivity index (χ0n) is 5.98. The van der Waals surface area contributed by atoms with Crippen molar-refractivity contribution in [1.29, 1.82) is 0 Å². The highest BCUT2D eigenvalue weighted by molar-refractivity contribution is 4.51. The third kappa shape index (κ3) is 9.30. The molecule has 0 aromatic heterocycles. The Morgan fingerprint density at radius 3 is 1.38 bits per heavy atom. The highest BCUT2D eigenvalue weighted by Crippen LogP contribution is 1.88. The van der Waals surface area contributed by atoms with Crippen molar-refractivity contribution in [3.05, 3.63) is 0 Å². The van der Waals surface area contributed by atoms with Gasteiger partial charge in [0, 0.05) is 6.04 Å². The fourth-order valence-corrected chi connectivity index (χ4v) is 0.289. The lowest BCUT2D eigenvalue weighted by atomic mass is 10.2. The first kappa shape index (κ1) is 15.7. The van der Waals surface area contributed by atoms with Crippen molar-refractivity contribution in [2.45, 2.75) is 32.7 Å². The van der Waals surface area contributed by atoms with E-state index in [0.717, 1.165) is 12.8 Å². The third-order valence-electron chi connectivity index (χ3n) is 1.05. The standard InChI is InChI=1S/C5H13N.2H3N/c1-3-5(6)4-2;;/h5H,3-4,6H2,1-2H3;2*1H3. The highest BCUT2D eigenvalue weighted by atomic mass is 14.6. The number of hydrogen-bond donors (Lipinski definition) is 3. The van der Waals surface area contributed by atoms with Gasteiger partial charge in [0.1, 0.15) is 0 Å². The third-order valence-corrected chi connectivity index (χ3v) is 1.05. The Kier molecular flexibility index (Phi) is 19.6. The lowest BCUT2D eigenvalue weighted by Gasteiger charge is -1.99. The van der Waals surface area contributed by atoms with Crippen LogP contribution in [-0.4, -0.2) is 6.04 Å². The zero-order valence-corrected chi connectivity index (χ0v) is 5.98. The molecular formula is C5H19N3. The van der Waals surface area contributed by atoms with Crippen LogP contribution in [0.3, 0.4) is 0 Å². The van der Waals surface area contributed by atoms with Crippen LogP contribution >= 0.6 is 0 Å². The zero-order chi connectivity index (χ0) is 4.99. The van der Waals surface area contributed by atoms with E-state index in [1.807, 2.05) is 0 Å². The predicted octanol–water partition coefficient (Wildman–Crippen LogP) is 1.46. The molecule has 0 saturated carbocycles. The van der Waals surface area contributed by atoms with E-state index in [9.17, 15) is 0 Å². The Morgan fingerprint density at radius 1 is 1.12 bits per heavy atom. The average Bonchev–Trinajstić information content (AvgIpc) is 1.65. The lowest BCUT2D eigenvalue weighted by molar-refractivity contribution is 0.629. The Morgan fingerprint density at radius 2 is 1.38 bits per heavy atom. The van der Waals surface area contributed by atoms with Crippen molar-refractivity contribution in [3.63, 3.8) is 0 Å². The first-order chi connectivity index (χ1) is 2.81. The van der Waals surface area contributed by atoms with Crippen molar-refractivity contribution in [2.75, 3.05) is 0 Å². The maximum Gasteiger partial charge on any atom is 0.00335 e. The van der Waals surface area contributed by atoms with Crippen LogP contribution in [0, 0.1) is 0 Å². The fraction of sp³-hybridized carbons (Fsp3) is 1.00. The maximum absolute atomic E-state index is 5.47. The molecule has 0 aromatic rings. The molecule has 0 bridgehead atoms. The molecule has 0 rings (SSSR count). The van der Waals surface area contributed by atoms with Gasteiger partial charge in [0.25, 0.3) is 0 Å². The Balaban J connectivity index is -0.000000125. The number of nitrogens with two attached hydrogens (primary N) is 1. The van der Waals surface area contributed by atoms with Crippen molar-refractivity contribution in [1.82, 2.24) is 12.3 Å². The van der Waals surface area contributed by atoms with Gasteiger partial charge in [0.05, 0.1) is 0 Å². The van der Waals surface area contributed by atoms with Gasteiger partial charge in [-0.3, -0.25) is 0 Å². The molecule has 0 radical (unpaired) electrons. The first-order valence-electron chi connectivity index (χ1n) is 2.56. The minimum Gasteiger partial charge on any atom is -0.344 e. The van der Waals surface area contributed by atoms with Gasteiger partial charge in [-0.2, -0.15) is 0 Å². The lowest BCUT2D eigenvalue weighted by Crippen LogP contribution is -2.16. The van der Waals surface area contributed by atoms with E-state index in [4.69, 9.17) is 5.73 Å². The number of hydrogen-bond acceptors (Lipinski definition) is 3. The smallest absolute Gasteiger partial charge is 0.00335 e. The topological polar surface area (TPSA) is 96.0 Å². The molecule has 0 aliphatic rings.